The number of benzene rings is 7. The van der Waals surface area contributed by atoms with Gasteiger partial charge in [-0.3, -0.25) is 13.7 Å². The summed E-state index contributed by atoms with van der Waals surface area (Å²) in [5.74, 6) is 0.965. The van der Waals surface area contributed by atoms with E-state index in [1.165, 1.54) is 22.3 Å². The summed E-state index contributed by atoms with van der Waals surface area (Å²) < 4.78 is 6.65. The maximum Gasteiger partial charge on any atom is 0.269 e. The van der Waals surface area contributed by atoms with Crippen molar-refractivity contribution in [3.63, 3.8) is 0 Å². The highest BCUT2D eigenvalue weighted by molar-refractivity contribution is 5.97. The van der Waals surface area contributed by atoms with Gasteiger partial charge in [0, 0.05) is 11.1 Å². The summed E-state index contributed by atoms with van der Waals surface area (Å²) in [6.07, 6.45) is 5.87. The van der Waals surface area contributed by atoms with Gasteiger partial charge in [0.2, 0.25) is 0 Å². The normalized spacial score (nSPS) is 14.8. The first-order chi connectivity index (χ1) is 30.9. The predicted molar refractivity (Wildman–Crippen MR) is 269 cm³/mol. The number of imidazole rings is 2. The van der Waals surface area contributed by atoms with Gasteiger partial charge in [-0.1, -0.05) is 166 Å². The summed E-state index contributed by atoms with van der Waals surface area (Å²) in [7, 11) is 0. The molecule has 0 aliphatic heterocycles. The largest absolute Gasteiger partial charge is 0.507 e. The van der Waals surface area contributed by atoms with Crippen LogP contribution in [0.3, 0.4) is 0 Å². The highest BCUT2D eigenvalue weighted by atomic mass is 16.3. The zero-order valence-corrected chi connectivity index (χ0v) is 39.6. The molecule has 0 fully saturated rings. The van der Waals surface area contributed by atoms with Crippen molar-refractivity contribution in [3.8, 4) is 56.5 Å². The Morgan fingerprint density at radius 2 is 1.20 bits per heavy atom. The number of rotatable bonds is 6. The minimum absolute atomic E-state index is 0.0595. The fourth-order valence-corrected chi connectivity index (χ4v) is 9.93. The third kappa shape index (κ3) is 7.35. The fraction of sp³-hybridized carbons (Fsp3) is 0.267. The van der Waals surface area contributed by atoms with E-state index in [9.17, 15) is 5.11 Å². The molecule has 0 bridgehead atoms. The molecule has 1 aliphatic carbocycles. The summed E-state index contributed by atoms with van der Waals surface area (Å²) >= 11 is 0. The molecule has 2 heterocycles. The molecule has 0 atom stereocenters. The molecule has 1 aliphatic rings. The van der Waals surface area contributed by atoms with E-state index < -0.39 is 0 Å². The van der Waals surface area contributed by atoms with Gasteiger partial charge in [0.1, 0.15) is 11.6 Å². The first kappa shape index (κ1) is 42.2. The standard InChI is InChI=1S/C60H60N4O/c1-57(2,3)41-28-29-50(46(35-41)39-20-13-11-14-21-39)64-53-27-19-24-45(55(53)61-56(64)47-36-48-49(37-54(47)65)60(9,10)31-30-59(48,7)8)40-32-42(58(4,5)6)34-44(33-40)63-38-62(43-22-15-12-16-23-43)51-25-17-18-26-52(51)63/h11-29,32-37,65H,30-31H2,1-10H3. The molecule has 0 amide bonds. The Morgan fingerprint density at radius 3 is 1.89 bits per heavy atom. The van der Waals surface area contributed by atoms with Crippen molar-refractivity contribution < 1.29 is 9.67 Å². The van der Waals surface area contributed by atoms with Gasteiger partial charge < -0.3 is 5.11 Å². The quantitative estimate of drug-likeness (QED) is 0.134. The third-order valence-corrected chi connectivity index (χ3v) is 14.0. The minimum Gasteiger partial charge on any atom is -0.507 e. The van der Waals surface area contributed by atoms with Crippen molar-refractivity contribution >= 4 is 22.1 Å². The van der Waals surface area contributed by atoms with E-state index in [0.29, 0.717) is 5.82 Å². The second-order valence-corrected chi connectivity index (χ2v) is 21.6. The van der Waals surface area contributed by atoms with Crippen LogP contribution in [0.1, 0.15) is 104 Å². The van der Waals surface area contributed by atoms with Gasteiger partial charge in [0.25, 0.3) is 6.33 Å². The Balaban J connectivity index is 1.27. The molecular weight excluding hydrogens is 793 g/mol. The number of aromatic hydroxyl groups is 1. The Hall–Kier alpha value is -6.72. The smallest absolute Gasteiger partial charge is 0.269 e. The number of aromatic nitrogens is 4. The molecule has 0 radical (unpaired) electrons. The van der Waals surface area contributed by atoms with Gasteiger partial charge in [-0.15, -0.1) is 0 Å². The van der Waals surface area contributed by atoms with Crippen LogP contribution in [0.15, 0.2) is 152 Å². The van der Waals surface area contributed by atoms with Crippen LogP contribution in [0.2, 0.25) is 0 Å². The van der Waals surface area contributed by atoms with Gasteiger partial charge in [-0.05, 0) is 122 Å². The molecule has 5 nitrogen and oxygen atoms in total. The van der Waals surface area contributed by atoms with Crippen molar-refractivity contribution in [2.75, 3.05) is 0 Å². The molecule has 9 aromatic rings. The van der Waals surface area contributed by atoms with E-state index in [4.69, 9.17) is 4.98 Å². The van der Waals surface area contributed by atoms with Crippen LogP contribution < -0.4 is 4.57 Å². The predicted octanol–water partition coefficient (Wildman–Crippen LogP) is 14.7. The van der Waals surface area contributed by atoms with E-state index in [1.54, 1.807) is 0 Å². The lowest BCUT2D eigenvalue weighted by Crippen LogP contribution is -2.33. The number of hydrogen-bond acceptors (Lipinski definition) is 2. The van der Waals surface area contributed by atoms with Gasteiger partial charge in [-0.25, -0.2) is 4.98 Å². The lowest BCUT2D eigenvalue weighted by Gasteiger charge is -2.42. The van der Waals surface area contributed by atoms with Crippen LogP contribution in [0.4, 0.5) is 0 Å². The van der Waals surface area contributed by atoms with E-state index >= 15 is 0 Å². The maximum atomic E-state index is 12.3. The van der Waals surface area contributed by atoms with Gasteiger partial charge in [-0.2, -0.15) is 0 Å². The zero-order valence-electron chi connectivity index (χ0n) is 39.6. The van der Waals surface area contributed by atoms with Gasteiger partial charge in [0.05, 0.1) is 44.7 Å². The molecule has 326 valence electrons. The van der Waals surface area contributed by atoms with Crippen molar-refractivity contribution in [1.82, 2.24) is 14.1 Å². The Bertz CT molecular complexity index is 3280. The van der Waals surface area contributed by atoms with E-state index in [-0.39, 0.29) is 27.4 Å². The van der Waals surface area contributed by atoms with Crippen LogP contribution in [-0.4, -0.2) is 19.2 Å². The van der Waals surface area contributed by atoms with Crippen LogP contribution in [0.25, 0.3) is 72.8 Å². The number of nitrogens with zero attached hydrogens (tertiary/aromatic N) is 4. The van der Waals surface area contributed by atoms with E-state index in [0.717, 1.165) is 79.8 Å². The zero-order chi connectivity index (χ0) is 45.6. The summed E-state index contributed by atoms with van der Waals surface area (Å²) in [6, 6.07) is 54.3. The third-order valence-electron chi connectivity index (χ3n) is 14.0. The van der Waals surface area contributed by atoms with Crippen molar-refractivity contribution in [2.45, 2.75) is 104 Å². The molecule has 10 rings (SSSR count). The van der Waals surface area contributed by atoms with E-state index in [1.807, 2.05) is 12.1 Å². The minimum atomic E-state index is -0.156. The van der Waals surface area contributed by atoms with Crippen LogP contribution in [0, 0.1) is 6.33 Å². The Morgan fingerprint density at radius 1 is 0.569 bits per heavy atom. The summed E-state index contributed by atoms with van der Waals surface area (Å²) in [4.78, 5) is 5.71. The number of phenols is 1. The number of para-hydroxylation sites is 4. The average Bonchev–Trinajstić information content (AvgIpc) is 3.87. The summed E-state index contributed by atoms with van der Waals surface area (Å²) in [6.45, 7) is 22.9. The summed E-state index contributed by atoms with van der Waals surface area (Å²) in [5, 5.41) is 12.3. The second-order valence-electron chi connectivity index (χ2n) is 21.6. The monoisotopic (exact) mass is 852 g/mol. The topological polar surface area (TPSA) is 46.9 Å². The number of hydrogen-bond donors (Lipinski definition) is 1. The van der Waals surface area contributed by atoms with Crippen molar-refractivity contribution in [1.29, 1.82) is 0 Å². The first-order valence-corrected chi connectivity index (χ1v) is 23.2. The van der Waals surface area contributed by atoms with Crippen LogP contribution in [-0.2, 0) is 21.7 Å². The average molecular weight is 853 g/mol. The second kappa shape index (κ2) is 15.2. The SMILES string of the molecule is CC(C)(C)c1cc(-c2cccc3c2nc(-c2cc4c(cc2O)C(C)(C)CCC4(C)C)n3-c2ccc(C(C)(C)C)cc2-c2ccccc2)cc(-n2[c-][n+](-c3ccccc3)c3ccccc32)c1. The lowest BCUT2D eigenvalue weighted by atomic mass is 9.63. The van der Waals surface area contributed by atoms with Crippen LogP contribution in [0.5, 0.6) is 5.75 Å². The molecular formula is C60H60N4O. The first-order valence-electron chi connectivity index (χ1n) is 23.2. The highest BCUT2D eigenvalue weighted by Gasteiger charge is 2.38. The Labute approximate surface area is 384 Å². The summed E-state index contributed by atoms with van der Waals surface area (Å²) in [5.41, 5.74) is 16.7. The molecule has 0 saturated carbocycles. The lowest BCUT2D eigenvalue weighted by molar-refractivity contribution is -0.572. The maximum absolute atomic E-state index is 12.3. The van der Waals surface area contributed by atoms with E-state index in [2.05, 4.69) is 229 Å². The molecule has 2 aromatic heterocycles. The number of fused-ring (bicyclic) bond motifs is 3. The molecule has 7 aromatic carbocycles. The van der Waals surface area contributed by atoms with Gasteiger partial charge >= 0.3 is 0 Å². The van der Waals surface area contributed by atoms with Crippen LogP contribution >= 0.6 is 0 Å². The van der Waals surface area contributed by atoms with Crippen molar-refractivity contribution in [3.05, 3.63) is 180 Å². The number of phenolic OH excluding ortho intramolecular Hbond substituents is 1. The molecule has 0 spiro atoms. The molecule has 0 saturated heterocycles. The van der Waals surface area contributed by atoms with Crippen molar-refractivity contribution in [2.24, 2.45) is 0 Å². The highest BCUT2D eigenvalue weighted by Crippen LogP contribution is 2.50. The molecule has 1 N–H and O–H groups in total. The fourth-order valence-electron chi connectivity index (χ4n) is 9.93. The molecule has 0 unspecified atom stereocenters. The molecule has 5 heteroatoms. The van der Waals surface area contributed by atoms with Gasteiger partial charge in [0.15, 0.2) is 0 Å². The Kier molecular flexibility index (Phi) is 9.87. The molecule has 65 heavy (non-hydrogen) atoms.